The van der Waals surface area contributed by atoms with Gasteiger partial charge in [-0.1, -0.05) is 0 Å². The molecule has 2 aliphatic rings. The summed E-state index contributed by atoms with van der Waals surface area (Å²) in [6.45, 7) is 8.40. The van der Waals surface area contributed by atoms with E-state index in [1.807, 2.05) is 26.8 Å². The molecule has 0 aromatic carbocycles. The van der Waals surface area contributed by atoms with Crippen LogP contribution in [0.3, 0.4) is 0 Å². The van der Waals surface area contributed by atoms with Gasteiger partial charge in [0, 0.05) is 26.2 Å². The van der Waals surface area contributed by atoms with E-state index < -0.39 is 5.60 Å². The van der Waals surface area contributed by atoms with E-state index in [1.54, 1.807) is 9.80 Å². The van der Waals surface area contributed by atoms with Gasteiger partial charge in [-0.2, -0.15) is 5.26 Å². The van der Waals surface area contributed by atoms with Gasteiger partial charge in [-0.3, -0.25) is 4.79 Å². The Hall–Kier alpha value is -1.77. The van der Waals surface area contributed by atoms with Crippen LogP contribution in [0.5, 0.6) is 0 Å². The van der Waals surface area contributed by atoms with Gasteiger partial charge in [0.1, 0.15) is 12.0 Å². The number of amides is 2. The van der Waals surface area contributed by atoms with Crippen molar-refractivity contribution in [1.29, 1.82) is 5.26 Å². The lowest BCUT2D eigenvalue weighted by molar-refractivity contribution is -0.130. The van der Waals surface area contributed by atoms with Crippen molar-refractivity contribution in [3.8, 4) is 6.07 Å². The maximum Gasteiger partial charge on any atom is 0.410 e. The Bertz CT molecular complexity index is 462. The maximum atomic E-state index is 12.2. The Labute approximate surface area is 132 Å². The minimum atomic E-state index is -0.470. The first kappa shape index (κ1) is 16.6. The zero-order valence-electron chi connectivity index (χ0n) is 13.7. The van der Waals surface area contributed by atoms with Gasteiger partial charge in [0.05, 0.1) is 6.07 Å². The maximum absolute atomic E-state index is 12.2. The molecule has 6 nitrogen and oxygen atoms in total. The van der Waals surface area contributed by atoms with Crippen molar-refractivity contribution in [2.75, 3.05) is 26.2 Å². The van der Waals surface area contributed by atoms with Crippen LogP contribution in [0.25, 0.3) is 0 Å². The number of hydrogen-bond donors (Lipinski definition) is 0. The van der Waals surface area contributed by atoms with E-state index in [2.05, 4.69) is 0 Å². The summed E-state index contributed by atoms with van der Waals surface area (Å²) in [5, 5.41) is 8.63. The van der Waals surface area contributed by atoms with E-state index >= 15 is 0 Å². The largest absolute Gasteiger partial charge is 0.444 e. The average molecular weight is 307 g/mol. The number of fused-ring (bicyclic) bond motifs is 1. The van der Waals surface area contributed by atoms with Crippen LogP contribution < -0.4 is 0 Å². The molecule has 2 heterocycles. The predicted octanol–water partition coefficient (Wildman–Crippen LogP) is 2.01. The number of nitriles is 1. The summed E-state index contributed by atoms with van der Waals surface area (Å²) in [6.07, 6.45) is 1.50. The summed E-state index contributed by atoms with van der Waals surface area (Å²) in [7, 11) is 0. The third-order valence-electron chi connectivity index (χ3n) is 4.35. The fraction of sp³-hybridized carbons (Fsp3) is 0.812. The Morgan fingerprint density at radius 1 is 1.14 bits per heavy atom. The van der Waals surface area contributed by atoms with Gasteiger partial charge in [-0.05, 0) is 45.4 Å². The first-order chi connectivity index (χ1) is 10.3. The second-order valence-corrected chi connectivity index (χ2v) is 7.20. The molecule has 2 atom stereocenters. The van der Waals surface area contributed by atoms with Crippen molar-refractivity contribution in [3.05, 3.63) is 0 Å². The van der Waals surface area contributed by atoms with Gasteiger partial charge in [-0.15, -0.1) is 0 Å². The molecular weight excluding hydrogens is 282 g/mol. The van der Waals surface area contributed by atoms with Crippen LogP contribution in [0.2, 0.25) is 0 Å². The molecule has 0 N–H and O–H groups in total. The lowest BCUT2D eigenvalue weighted by atomic mass is 9.92. The highest BCUT2D eigenvalue weighted by molar-refractivity contribution is 5.78. The zero-order valence-corrected chi connectivity index (χ0v) is 13.7. The third-order valence-corrected chi connectivity index (χ3v) is 4.35. The monoisotopic (exact) mass is 307 g/mol. The van der Waals surface area contributed by atoms with Gasteiger partial charge in [0.2, 0.25) is 5.91 Å². The minimum absolute atomic E-state index is 0.0423. The quantitative estimate of drug-likeness (QED) is 0.742. The van der Waals surface area contributed by atoms with Crippen LogP contribution in [-0.4, -0.2) is 53.6 Å². The van der Waals surface area contributed by atoms with Gasteiger partial charge >= 0.3 is 6.09 Å². The second kappa shape index (κ2) is 6.55. The standard InChI is InChI=1S/C16H25N3O3/c1-16(2,3)22-15(21)19-10-12-5-8-18(14(20)4-7-17)9-6-13(12)11-19/h12-13H,4-6,8-11H2,1-3H3/t12-,13+. The smallest absolute Gasteiger partial charge is 0.410 e. The van der Waals surface area contributed by atoms with E-state index in [1.165, 1.54) is 0 Å². The van der Waals surface area contributed by atoms with E-state index in [0.29, 0.717) is 38.0 Å². The van der Waals surface area contributed by atoms with Crippen LogP contribution >= 0.6 is 0 Å². The molecule has 2 rings (SSSR count). The highest BCUT2D eigenvalue weighted by atomic mass is 16.6. The number of carbonyl (C=O) groups is 2. The molecule has 0 bridgehead atoms. The first-order valence-electron chi connectivity index (χ1n) is 7.93. The van der Waals surface area contributed by atoms with Gasteiger partial charge < -0.3 is 14.5 Å². The number of ether oxygens (including phenoxy) is 1. The number of nitrogens with zero attached hydrogens (tertiary/aromatic N) is 3. The van der Waals surface area contributed by atoms with Crippen molar-refractivity contribution < 1.29 is 14.3 Å². The number of likely N-dealkylation sites (tertiary alicyclic amines) is 2. The van der Waals surface area contributed by atoms with E-state index in [4.69, 9.17) is 10.00 Å². The SMILES string of the molecule is CC(C)(C)OC(=O)N1C[C@H]2CCN(C(=O)CC#N)CC[C@H]2C1. The average Bonchev–Trinajstić information content (AvgIpc) is 2.71. The molecule has 0 aromatic rings. The van der Waals surface area contributed by atoms with Crippen molar-refractivity contribution >= 4 is 12.0 Å². The molecule has 6 heteroatoms. The molecule has 0 aromatic heterocycles. The summed E-state index contributed by atoms with van der Waals surface area (Å²) in [5.41, 5.74) is -0.470. The Kier molecular flexibility index (Phi) is 4.94. The Morgan fingerprint density at radius 2 is 1.68 bits per heavy atom. The Morgan fingerprint density at radius 3 is 2.14 bits per heavy atom. The normalized spacial score (nSPS) is 25.2. The molecule has 22 heavy (non-hydrogen) atoms. The number of rotatable bonds is 1. The molecule has 2 aliphatic heterocycles. The number of hydrogen-bond acceptors (Lipinski definition) is 4. The van der Waals surface area contributed by atoms with Crippen LogP contribution in [-0.2, 0) is 9.53 Å². The molecule has 0 spiro atoms. The fourth-order valence-electron chi connectivity index (χ4n) is 3.25. The lowest BCUT2D eigenvalue weighted by Crippen LogP contribution is -2.36. The van der Waals surface area contributed by atoms with Crippen LogP contribution in [0.4, 0.5) is 4.79 Å². The molecular formula is C16H25N3O3. The highest BCUT2D eigenvalue weighted by Crippen LogP contribution is 2.32. The van der Waals surface area contributed by atoms with Crippen molar-refractivity contribution in [2.24, 2.45) is 11.8 Å². The third kappa shape index (κ3) is 4.12. The molecule has 2 fully saturated rings. The van der Waals surface area contributed by atoms with E-state index in [-0.39, 0.29) is 18.4 Å². The molecule has 0 radical (unpaired) electrons. The molecule has 2 amide bonds. The molecule has 0 saturated carbocycles. The zero-order chi connectivity index (χ0) is 16.3. The highest BCUT2D eigenvalue weighted by Gasteiger charge is 2.38. The molecule has 0 unspecified atom stereocenters. The molecule has 0 aliphatic carbocycles. The van der Waals surface area contributed by atoms with Gasteiger partial charge in [-0.25, -0.2) is 4.79 Å². The summed E-state index contributed by atoms with van der Waals surface area (Å²) in [5.74, 6) is 0.770. The van der Waals surface area contributed by atoms with Crippen LogP contribution in [0.15, 0.2) is 0 Å². The van der Waals surface area contributed by atoms with E-state index in [9.17, 15) is 9.59 Å². The topological polar surface area (TPSA) is 73.6 Å². The Balaban J connectivity index is 1.89. The molecule has 122 valence electrons. The van der Waals surface area contributed by atoms with Crippen LogP contribution in [0.1, 0.15) is 40.0 Å². The van der Waals surface area contributed by atoms with Gasteiger partial charge in [0.25, 0.3) is 0 Å². The van der Waals surface area contributed by atoms with Crippen molar-refractivity contribution in [1.82, 2.24) is 9.80 Å². The van der Waals surface area contributed by atoms with Gasteiger partial charge in [0.15, 0.2) is 0 Å². The summed E-state index contributed by atoms with van der Waals surface area (Å²) >= 11 is 0. The molecule has 2 saturated heterocycles. The first-order valence-corrected chi connectivity index (χ1v) is 7.93. The summed E-state index contributed by atoms with van der Waals surface area (Å²) < 4.78 is 5.44. The predicted molar refractivity (Wildman–Crippen MR) is 80.8 cm³/mol. The number of carbonyl (C=O) groups excluding carboxylic acids is 2. The lowest BCUT2D eigenvalue weighted by Gasteiger charge is -2.25. The van der Waals surface area contributed by atoms with Crippen LogP contribution in [0, 0.1) is 23.2 Å². The van der Waals surface area contributed by atoms with Crippen molar-refractivity contribution in [2.45, 2.75) is 45.6 Å². The second-order valence-electron chi connectivity index (χ2n) is 7.20. The minimum Gasteiger partial charge on any atom is -0.444 e. The summed E-state index contributed by atoms with van der Waals surface area (Å²) in [4.78, 5) is 27.6. The van der Waals surface area contributed by atoms with Crippen molar-refractivity contribution in [3.63, 3.8) is 0 Å². The van der Waals surface area contributed by atoms with E-state index in [0.717, 1.165) is 12.8 Å². The summed E-state index contributed by atoms with van der Waals surface area (Å²) in [6, 6.07) is 1.92. The fourth-order valence-corrected chi connectivity index (χ4v) is 3.25.